The predicted molar refractivity (Wildman–Crippen MR) is 43.0 cm³/mol. The number of primary amides is 1. The van der Waals surface area contributed by atoms with Crippen molar-refractivity contribution < 1.29 is 14.7 Å². The van der Waals surface area contributed by atoms with Gasteiger partial charge in [0.05, 0.1) is 13.0 Å². The molecule has 6 nitrogen and oxygen atoms in total. The standard InChI is InChI=1S/C7H9N3O3/c8-7(13)5-1-3-9-10(5)4-2-6(11)12/h1,3H,2,4H2,(H2,8,13)(H,11,12). The average Bonchev–Trinajstić information content (AvgIpc) is 2.47. The summed E-state index contributed by atoms with van der Waals surface area (Å²) >= 11 is 0. The Morgan fingerprint density at radius 1 is 1.62 bits per heavy atom. The van der Waals surface area contributed by atoms with E-state index in [2.05, 4.69) is 5.10 Å². The van der Waals surface area contributed by atoms with Gasteiger partial charge in [0.25, 0.3) is 5.91 Å². The number of rotatable bonds is 4. The molecular formula is C7H9N3O3. The van der Waals surface area contributed by atoms with Crippen molar-refractivity contribution in [3.63, 3.8) is 0 Å². The third-order valence-electron chi connectivity index (χ3n) is 1.51. The molecular weight excluding hydrogens is 174 g/mol. The van der Waals surface area contributed by atoms with Crippen LogP contribution < -0.4 is 5.73 Å². The normalized spacial score (nSPS) is 9.85. The molecule has 0 fully saturated rings. The number of aryl methyl sites for hydroxylation is 1. The summed E-state index contributed by atoms with van der Waals surface area (Å²) in [6.07, 6.45) is 1.32. The SMILES string of the molecule is NC(=O)c1ccnn1CCC(=O)O. The maximum absolute atomic E-state index is 10.7. The molecule has 0 spiro atoms. The van der Waals surface area contributed by atoms with Crippen molar-refractivity contribution in [2.45, 2.75) is 13.0 Å². The van der Waals surface area contributed by atoms with Gasteiger partial charge in [-0.1, -0.05) is 0 Å². The summed E-state index contributed by atoms with van der Waals surface area (Å²) in [4.78, 5) is 21.0. The first kappa shape index (κ1) is 9.24. The fourth-order valence-corrected chi connectivity index (χ4v) is 0.922. The van der Waals surface area contributed by atoms with Crippen molar-refractivity contribution in [3.8, 4) is 0 Å². The highest BCUT2D eigenvalue weighted by Crippen LogP contribution is 1.98. The van der Waals surface area contributed by atoms with Crippen LogP contribution in [0.1, 0.15) is 16.9 Å². The Kier molecular flexibility index (Phi) is 2.63. The number of nitrogens with two attached hydrogens (primary N) is 1. The number of aliphatic carboxylic acids is 1. The predicted octanol–water partition coefficient (Wildman–Crippen LogP) is -0.543. The molecule has 1 aromatic heterocycles. The van der Waals surface area contributed by atoms with Crippen molar-refractivity contribution in [3.05, 3.63) is 18.0 Å². The third kappa shape index (κ3) is 2.29. The van der Waals surface area contributed by atoms with Gasteiger partial charge in [0.2, 0.25) is 0 Å². The van der Waals surface area contributed by atoms with Crippen LogP contribution >= 0.6 is 0 Å². The number of nitrogens with zero attached hydrogens (tertiary/aromatic N) is 2. The second kappa shape index (κ2) is 3.70. The number of hydrogen-bond acceptors (Lipinski definition) is 3. The lowest BCUT2D eigenvalue weighted by atomic mass is 10.4. The molecule has 0 aromatic carbocycles. The van der Waals surface area contributed by atoms with Crippen molar-refractivity contribution in [1.29, 1.82) is 0 Å². The van der Waals surface area contributed by atoms with Gasteiger partial charge in [-0.15, -0.1) is 0 Å². The quantitative estimate of drug-likeness (QED) is 0.654. The number of carbonyl (C=O) groups is 2. The fourth-order valence-electron chi connectivity index (χ4n) is 0.922. The van der Waals surface area contributed by atoms with Crippen LogP contribution in [0.5, 0.6) is 0 Å². The molecule has 0 saturated carbocycles. The van der Waals surface area contributed by atoms with Gasteiger partial charge in [-0.3, -0.25) is 14.3 Å². The molecule has 0 aliphatic carbocycles. The summed E-state index contributed by atoms with van der Waals surface area (Å²) in [5, 5.41) is 12.1. The Bertz CT molecular complexity index is 331. The Morgan fingerprint density at radius 3 is 2.85 bits per heavy atom. The van der Waals surface area contributed by atoms with E-state index in [1.165, 1.54) is 16.9 Å². The van der Waals surface area contributed by atoms with E-state index in [-0.39, 0.29) is 18.7 Å². The van der Waals surface area contributed by atoms with Crippen LogP contribution in [0, 0.1) is 0 Å². The van der Waals surface area contributed by atoms with Gasteiger partial charge in [-0.2, -0.15) is 5.10 Å². The van der Waals surface area contributed by atoms with E-state index in [9.17, 15) is 9.59 Å². The zero-order valence-electron chi connectivity index (χ0n) is 6.80. The topological polar surface area (TPSA) is 98.2 Å². The Morgan fingerprint density at radius 2 is 2.31 bits per heavy atom. The molecule has 3 N–H and O–H groups in total. The smallest absolute Gasteiger partial charge is 0.305 e. The summed E-state index contributed by atoms with van der Waals surface area (Å²) < 4.78 is 1.27. The summed E-state index contributed by atoms with van der Waals surface area (Å²) in [5.41, 5.74) is 5.24. The van der Waals surface area contributed by atoms with Crippen LogP contribution in [0.4, 0.5) is 0 Å². The maximum atomic E-state index is 10.7. The molecule has 70 valence electrons. The number of carbonyl (C=O) groups excluding carboxylic acids is 1. The number of hydrogen-bond donors (Lipinski definition) is 2. The van der Waals surface area contributed by atoms with Crippen molar-refractivity contribution >= 4 is 11.9 Å². The average molecular weight is 183 g/mol. The molecule has 0 radical (unpaired) electrons. The molecule has 0 unspecified atom stereocenters. The van der Waals surface area contributed by atoms with Crippen LogP contribution in [0.3, 0.4) is 0 Å². The van der Waals surface area contributed by atoms with Gasteiger partial charge < -0.3 is 10.8 Å². The van der Waals surface area contributed by atoms with E-state index in [1.54, 1.807) is 0 Å². The molecule has 1 heterocycles. The largest absolute Gasteiger partial charge is 0.481 e. The van der Waals surface area contributed by atoms with E-state index in [4.69, 9.17) is 10.8 Å². The number of aromatic nitrogens is 2. The lowest BCUT2D eigenvalue weighted by Gasteiger charge is -2.01. The van der Waals surface area contributed by atoms with E-state index in [1.807, 2.05) is 0 Å². The van der Waals surface area contributed by atoms with Gasteiger partial charge >= 0.3 is 5.97 Å². The second-order valence-corrected chi connectivity index (χ2v) is 2.45. The van der Waals surface area contributed by atoms with Gasteiger partial charge in [0, 0.05) is 6.20 Å². The van der Waals surface area contributed by atoms with Crippen LogP contribution in [-0.2, 0) is 11.3 Å². The van der Waals surface area contributed by atoms with E-state index in [0.29, 0.717) is 0 Å². The second-order valence-electron chi connectivity index (χ2n) is 2.45. The molecule has 0 aliphatic heterocycles. The lowest BCUT2D eigenvalue weighted by molar-refractivity contribution is -0.137. The van der Waals surface area contributed by atoms with Gasteiger partial charge in [0.15, 0.2) is 0 Å². The molecule has 0 atom stereocenters. The molecule has 0 bridgehead atoms. The molecule has 1 rings (SSSR count). The highest BCUT2D eigenvalue weighted by atomic mass is 16.4. The first-order valence-electron chi connectivity index (χ1n) is 3.64. The van der Waals surface area contributed by atoms with Crippen molar-refractivity contribution in [2.24, 2.45) is 5.73 Å². The van der Waals surface area contributed by atoms with Crippen molar-refractivity contribution in [2.75, 3.05) is 0 Å². The number of carboxylic acid groups (broad SMARTS) is 1. The minimum Gasteiger partial charge on any atom is -0.481 e. The molecule has 13 heavy (non-hydrogen) atoms. The zero-order chi connectivity index (χ0) is 9.84. The molecule has 1 aromatic rings. The molecule has 0 aliphatic rings. The first-order chi connectivity index (χ1) is 6.11. The molecule has 0 saturated heterocycles. The fraction of sp³-hybridized carbons (Fsp3) is 0.286. The van der Waals surface area contributed by atoms with Crippen molar-refractivity contribution in [1.82, 2.24) is 9.78 Å². The first-order valence-corrected chi connectivity index (χ1v) is 3.64. The van der Waals surface area contributed by atoms with E-state index in [0.717, 1.165) is 0 Å². The maximum Gasteiger partial charge on any atom is 0.305 e. The Balaban J connectivity index is 2.71. The monoisotopic (exact) mass is 183 g/mol. The minimum absolute atomic E-state index is 0.0814. The molecule has 6 heteroatoms. The number of amides is 1. The summed E-state index contributed by atoms with van der Waals surface area (Å²) in [6, 6.07) is 1.45. The van der Waals surface area contributed by atoms with Crippen LogP contribution in [-0.4, -0.2) is 26.8 Å². The minimum atomic E-state index is -0.939. The summed E-state index contributed by atoms with van der Waals surface area (Å²) in [7, 11) is 0. The van der Waals surface area contributed by atoms with Gasteiger partial charge in [0.1, 0.15) is 5.69 Å². The third-order valence-corrected chi connectivity index (χ3v) is 1.51. The number of carboxylic acids is 1. The van der Waals surface area contributed by atoms with Crippen LogP contribution in [0.25, 0.3) is 0 Å². The van der Waals surface area contributed by atoms with Gasteiger partial charge in [-0.05, 0) is 6.07 Å². The highest BCUT2D eigenvalue weighted by Gasteiger charge is 2.08. The van der Waals surface area contributed by atoms with Crippen LogP contribution in [0.15, 0.2) is 12.3 Å². The van der Waals surface area contributed by atoms with E-state index < -0.39 is 11.9 Å². The molecule has 1 amide bonds. The van der Waals surface area contributed by atoms with Crippen LogP contribution in [0.2, 0.25) is 0 Å². The zero-order valence-corrected chi connectivity index (χ0v) is 6.80. The Hall–Kier alpha value is -1.85. The summed E-state index contributed by atoms with van der Waals surface area (Å²) in [6.45, 7) is 0.153. The lowest BCUT2D eigenvalue weighted by Crippen LogP contribution is -2.18. The van der Waals surface area contributed by atoms with Gasteiger partial charge in [-0.25, -0.2) is 0 Å². The van der Waals surface area contributed by atoms with E-state index >= 15 is 0 Å². The highest BCUT2D eigenvalue weighted by molar-refractivity contribution is 5.90. The Labute approximate surface area is 74.0 Å². The summed E-state index contributed by atoms with van der Waals surface area (Å²) in [5.74, 6) is -1.55.